The second-order valence-corrected chi connectivity index (χ2v) is 9.02. The van der Waals surface area contributed by atoms with Crippen molar-refractivity contribution in [3.05, 3.63) is 77.9 Å². The molecule has 0 radical (unpaired) electrons. The van der Waals surface area contributed by atoms with Crippen LogP contribution in [-0.2, 0) is 9.84 Å². The van der Waals surface area contributed by atoms with Crippen molar-refractivity contribution in [3.63, 3.8) is 0 Å². The van der Waals surface area contributed by atoms with Gasteiger partial charge in [-0.05, 0) is 49.4 Å². The summed E-state index contributed by atoms with van der Waals surface area (Å²) < 4.78 is 67.6. The third kappa shape index (κ3) is 5.54. The van der Waals surface area contributed by atoms with E-state index in [9.17, 15) is 31.2 Å². The van der Waals surface area contributed by atoms with Gasteiger partial charge in [0.25, 0.3) is 21.7 Å². The molecular weight excluding hydrogens is 487 g/mol. The second kappa shape index (κ2) is 10.1. The van der Waals surface area contributed by atoms with Gasteiger partial charge in [0.15, 0.2) is 0 Å². The van der Waals surface area contributed by atoms with E-state index in [0.717, 1.165) is 6.07 Å². The number of sulfone groups is 1. The van der Waals surface area contributed by atoms with Crippen molar-refractivity contribution in [2.24, 2.45) is 0 Å². The zero-order valence-electron chi connectivity index (χ0n) is 18.2. The zero-order valence-corrected chi connectivity index (χ0v) is 19.0. The smallest absolute Gasteiger partial charge is 0.493 e. The Morgan fingerprint density at radius 3 is 2.11 bits per heavy atom. The molecule has 0 atom stereocenters. The lowest BCUT2D eigenvalue weighted by Gasteiger charge is -2.15. The van der Waals surface area contributed by atoms with Crippen LogP contribution in [0.5, 0.6) is 5.75 Å². The average Bonchev–Trinajstić information content (AvgIpc) is 2.80. The second-order valence-electron chi connectivity index (χ2n) is 7.08. The molecule has 0 aliphatic heterocycles. The molecule has 3 rings (SSSR count). The van der Waals surface area contributed by atoms with Gasteiger partial charge >= 0.3 is 5.51 Å². The number of halogens is 3. The molecule has 35 heavy (non-hydrogen) atoms. The molecule has 0 aromatic heterocycles. The van der Waals surface area contributed by atoms with E-state index in [1.807, 2.05) is 0 Å². The number of alkyl halides is 3. The fourth-order valence-corrected chi connectivity index (χ4v) is 3.84. The predicted octanol–water partition coefficient (Wildman–Crippen LogP) is 4.47. The largest absolute Gasteiger partial charge is 0.501 e. The van der Waals surface area contributed by atoms with Gasteiger partial charge in [0, 0.05) is 0 Å². The standard InChI is InChI=1S/C23H20F3N3O5S/c1-2-34-20-10-6-4-8-16(20)22(31)28-18-9-5-3-7-15(18)21(30)29-19-13-14(11-12-17(19)27)35(32,33)23(24,25)26/h3-13H,2,27H2,1H3,(H,28,31)(H,29,30). The molecule has 0 aliphatic rings. The maximum atomic E-state index is 12.9. The molecule has 0 bridgehead atoms. The molecule has 0 unspecified atom stereocenters. The molecule has 3 aromatic carbocycles. The Labute approximate surface area is 198 Å². The third-order valence-corrected chi connectivity index (χ3v) is 6.22. The Kier molecular flexibility index (Phi) is 7.34. The lowest BCUT2D eigenvalue weighted by atomic mass is 10.1. The number of amides is 2. The first kappa shape index (κ1) is 25.6. The van der Waals surface area contributed by atoms with Crippen LogP contribution in [0.4, 0.5) is 30.2 Å². The highest BCUT2D eigenvalue weighted by molar-refractivity contribution is 7.92. The quantitative estimate of drug-likeness (QED) is 0.405. The number of carbonyl (C=O) groups excluding carboxylic acids is 2. The number of hydrogen-bond donors (Lipinski definition) is 3. The Hall–Kier alpha value is -4.06. The summed E-state index contributed by atoms with van der Waals surface area (Å²) in [6, 6.07) is 14.6. The average molecular weight is 507 g/mol. The van der Waals surface area contributed by atoms with Gasteiger partial charge in [0.1, 0.15) is 5.75 Å². The van der Waals surface area contributed by atoms with Crippen molar-refractivity contribution >= 4 is 38.7 Å². The normalized spacial score (nSPS) is 11.5. The summed E-state index contributed by atoms with van der Waals surface area (Å²) in [5, 5.41) is 4.91. The lowest BCUT2D eigenvalue weighted by molar-refractivity contribution is -0.0436. The van der Waals surface area contributed by atoms with Crippen molar-refractivity contribution in [1.29, 1.82) is 0 Å². The van der Waals surface area contributed by atoms with E-state index in [1.165, 1.54) is 24.3 Å². The fraction of sp³-hybridized carbons (Fsp3) is 0.130. The molecule has 0 saturated carbocycles. The van der Waals surface area contributed by atoms with Gasteiger partial charge in [-0.3, -0.25) is 9.59 Å². The molecule has 3 aromatic rings. The fourth-order valence-electron chi connectivity index (χ4n) is 3.05. The summed E-state index contributed by atoms with van der Waals surface area (Å²) in [5.41, 5.74) is -0.0258. The summed E-state index contributed by atoms with van der Waals surface area (Å²) in [7, 11) is -5.66. The predicted molar refractivity (Wildman–Crippen MR) is 124 cm³/mol. The van der Waals surface area contributed by atoms with Gasteiger partial charge in [0.05, 0.1) is 39.7 Å². The molecule has 8 nitrogen and oxygen atoms in total. The number of hydrogen-bond acceptors (Lipinski definition) is 6. The number of anilines is 3. The maximum absolute atomic E-state index is 12.9. The number of para-hydroxylation sites is 2. The van der Waals surface area contributed by atoms with E-state index in [1.54, 1.807) is 31.2 Å². The SMILES string of the molecule is CCOc1ccccc1C(=O)Nc1ccccc1C(=O)Nc1cc(S(=O)(=O)C(F)(F)F)ccc1N. The number of nitrogens with one attached hydrogen (secondary N) is 2. The first-order valence-electron chi connectivity index (χ1n) is 10.1. The summed E-state index contributed by atoms with van der Waals surface area (Å²) in [5.74, 6) is -1.07. The van der Waals surface area contributed by atoms with Crippen LogP contribution in [0, 0.1) is 0 Å². The molecule has 0 aliphatic carbocycles. The van der Waals surface area contributed by atoms with Gasteiger partial charge in [-0.2, -0.15) is 13.2 Å². The van der Waals surface area contributed by atoms with Crippen LogP contribution in [0.3, 0.4) is 0 Å². The van der Waals surface area contributed by atoms with Gasteiger partial charge < -0.3 is 21.1 Å². The monoisotopic (exact) mass is 507 g/mol. The van der Waals surface area contributed by atoms with E-state index in [4.69, 9.17) is 10.5 Å². The van der Waals surface area contributed by atoms with Gasteiger partial charge in [-0.1, -0.05) is 24.3 Å². The van der Waals surface area contributed by atoms with Gasteiger partial charge in [0.2, 0.25) is 0 Å². The molecule has 0 heterocycles. The Morgan fingerprint density at radius 2 is 1.46 bits per heavy atom. The van der Waals surface area contributed by atoms with E-state index in [0.29, 0.717) is 24.5 Å². The van der Waals surface area contributed by atoms with Crippen LogP contribution in [-0.4, -0.2) is 32.3 Å². The summed E-state index contributed by atoms with van der Waals surface area (Å²) in [6.45, 7) is 2.09. The van der Waals surface area contributed by atoms with E-state index >= 15 is 0 Å². The minimum atomic E-state index is -5.66. The molecule has 184 valence electrons. The zero-order chi connectivity index (χ0) is 25.8. The first-order valence-corrected chi connectivity index (χ1v) is 11.6. The van der Waals surface area contributed by atoms with Crippen LogP contribution >= 0.6 is 0 Å². The molecule has 4 N–H and O–H groups in total. The molecule has 2 amide bonds. The molecule has 0 fully saturated rings. The first-order chi connectivity index (χ1) is 16.5. The topological polar surface area (TPSA) is 128 Å². The highest BCUT2D eigenvalue weighted by Gasteiger charge is 2.47. The minimum absolute atomic E-state index is 0.0433. The van der Waals surface area contributed by atoms with Crippen molar-refractivity contribution < 1.29 is 35.9 Å². The molecule has 0 saturated heterocycles. The number of ether oxygens (including phenoxy) is 1. The molecular formula is C23H20F3N3O5S. The van der Waals surface area contributed by atoms with Crippen LogP contribution < -0.4 is 21.1 Å². The Bertz CT molecular complexity index is 1370. The van der Waals surface area contributed by atoms with Crippen LogP contribution in [0.25, 0.3) is 0 Å². The molecule has 12 heteroatoms. The number of nitrogens with two attached hydrogens (primary N) is 1. The Balaban J connectivity index is 1.89. The van der Waals surface area contributed by atoms with E-state index < -0.39 is 32.1 Å². The summed E-state index contributed by atoms with van der Waals surface area (Å²) in [4.78, 5) is 24.7. The number of carbonyl (C=O) groups is 2. The maximum Gasteiger partial charge on any atom is 0.501 e. The van der Waals surface area contributed by atoms with Crippen molar-refractivity contribution in [2.45, 2.75) is 17.3 Å². The van der Waals surface area contributed by atoms with E-state index in [-0.39, 0.29) is 28.2 Å². The number of benzene rings is 3. The number of rotatable bonds is 7. The molecule has 0 spiro atoms. The lowest BCUT2D eigenvalue weighted by Crippen LogP contribution is -2.24. The van der Waals surface area contributed by atoms with Crippen LogP contribution in [0.1, 0.15) is 27.6 Å². The van der Waals surface area contributed by atoms with Crippen molar-refractivity contribution in [1.82, 2.24) is 0 Å². The van der Waals surface area contributed by atoms with Crippen LogP contribution in [0.15, 0.2) is 71.6 Å². The van der Waals surface area contributed by atoms with Gasteiger partial charge in [-0.25, -0.2) is 8.42 Å². The highest BCUT2D eigenvalue weighted by Crippen LogP contribution is 2.33. The summed E-state index contributed by atoms with van der Waals surface area (Å²) in [6.07, 6.45) is 0. The third-order valence-electron chi connectivity index (χ3n) is 4.74. The minimum Gasteiger partial charge on any atom is -0.493 e. The highest BCUT2D eigenvalue weighted by atomic mass is 32.2. The number of nitrogen functional groups attached to an aromatic ring is 1. The Morgan fingerprint density at radius 1 is 0.886 bits per heavy atom. The van der Waals surface area contributed by atoms with Crippen molar-refractivity contribution in [3.8, 4) is 5.75 Å². The van der Waals surface area contributed by atoms with Crippen LogP contribution in [0.2, 0.25) is 0 Å². The summed E-state index contributed by atoms with van der Waals surface area (Å²) >= 11 is 0. The van der Waals surface area contributed by atoms with Crippen molar-refractivity contribution in [2.75, 3.05) is 23.0 Å². The van der Waals surface area contributed by atoms with Gasteiger partial charge in [-0.15, -0.1) is 0 Å². The van der Waals surface area contributed by atoms with E-state index in [2.05, 4.69) is 10.6 Å².